The fourth-order valence-electron chi connectivity index (χ4n) is 2.36. The van der Waals surface area contributed by atoms with Crippen molar-refractivity contribution < 1.29 is 0 Å². The van der Waals surface area contributed by atoms with Gasteiger partial charge in [-0.15, -0.1) is 0 Å². The van der Waals surface area contributed by atoms with E-state index in [0.717, 1.165) is 11.4 Å². The van der Waals surface area contributed by atoms with E-state index >= 15 is 0 Å². The Kier molecular flexibility index (Phi) is 5.65. The zero-order valence-corrected chi connectivity index (χ0v) is 14.8. The van der Waals surface area contributed by atoms with E-state index in [1.54, 1.807) is 0 Å². The van der Waals surface area contributed by atoms with Crippen molar-refractivity contribution in [3.8, 4) is 0 Å². The number of rotatable bonds is 0. The molecule has 2 rings (SSSR count). The molecule has 4 N–H and O–H groups in total. The van der Waals surface area contributed by atoms with Gasteiger partial charge in [0.05, 0.1) is 0 Å². The number of nitrogen functional groups attached to an aromatic ring is 2. The number of para-hydroxylation sites is 2. The Morgan fingerprint density at radius 2 is 0.818 bits per heavy atom. The molecule has 0 spiro atoms. The zero-order chi connectivity index (χ0) is 17.0. The average Bonchev–Trinajstić information content (AvgIpc) is 2.37. The SMILES string of the molecule is CC(C)(C)c1ccccc1N.CC(C)(C)c1ccccc1N. The van der Waals surface area contributed by atoms with E-state index in [4.69, 9.17) is 11.5 Å². The zero-order valence-electron chi connectivity index (χ0n) is 14.8. The summed E-state index contributed by atoms with van der Waals surface area (Å²) in [6.07, 6.45) is 0. The van der Waals surface area contributed by atoms with E-state index in [1.807, 2.05) is 36.4 Å². The first-order chi connectivity index (χ1) is 10.0. The number of hydrogen-bond donors (Lipinski definition) is 2. The molecule has 0 radical (unpaired) electrons. The van der Waals surface area contributed by atoms with Crippen molar-refractivity contribution in [3.05, 3.63) is 59.7 Å². The highest BCUT2D eigenvalue weighted by Gasteiger charge is 2.15. The second kappa shape index (κ2) is 6.87. The molecule has 120 valence electrons. The first-order valence-electron chi connectivity index (χ1n) is 7.73. The lowest BCUT2D eigenvalue weighted by Crippen LogP contribution is -2.13. The topological polar surface area (TPSA) is 52.0 Å². The van der Waals surface area contributed by atoms with Crippen molar-refractivity contribution in [2.45, 2.75) is 52.4 Å². The summed E-state index contributed by atoms with van der Waals surface area (Å²) >= 11 is 0. The lowest BCUT2D eigenvalue weighted by Gasteiger charge is -2.20. The summed E-state index contributed by atoms with van der Waals surface area (Å²) in [5.41, 5.74) is 16.2. The van der Waals surface area contributed by atoms with Crippen LogP contribution in [0.1, 0.15) is 52.7 Å². The minimum absolute atomic E-state index is 0.158. The van der Waals surface area contributed by atoms with Crippen LogP contribution >= 0.6 is 0 Å². The third-order valence-corrected chi connectivity index (χ3v) is 3.54. The number of nitrogens with two attached hydrogens (primary N) is 2. The second-order valence-electron chi connectivity index (χ2n) is 7.67. The Bertz CT molecular complexity index is 546. The summed E-state index contributed by atoms with van der Waals surface area (Å²) in [7, 11) is 0. The van der Waals surface area contributed by atoms with Crippen LogP contribution in [-0.4, -0.2) is 0 Å². The van der Waals surface area contributed by atoms with E-state index in [9.17, 15) is 0 Å². The van der Waals surface area contributed by atoms with Crippen LogP contribution in [0, 0.1) is 0 Å². The molecule has 0 aliphatic heterocycles. The second-order valence-corrected chi connectivity index (χ2v) is 7.67. The van der Waals surface area contributed by atoms with E-state index in [2.05, 4.69) is 53.7 Å². The van der Waals surface area contributed by atoms with Crippen LogP contribution in [-0.2, 0) is 10.8 Å². The molecule has 2 aromatic rings. The minimum Gasteiger partial charge on any atom is -0.398 e. The van der Waals surface area contributed by atoms with E-state index < -0.39 is 0 Å². The van der Waals surface area contributed by atoms with E-state index in [-0.39, 0.29) is 10.8 Å². The molecular weight excluding hydrogens is 268 g/mol. The molecule has 0 saturated carbocycles. The Morgan fingerprint density at radius 1 is 0.545 bits per heavy atom. The van der Waals surface area contributed by atoms with Crippen molar-refractivity contribution >= 4 is 11.4 Å². The molecular formula is C20H30N2. The van der Waals surface area contributed by atoms with Gasteiger partial charge in [-0.25, -0.2) is 0 Å². The van der Waals surface area contributed by atoms with Gasteiger partial charge in [-0.1, -0.05) is 77.9 Å². The molecule has 2 nitrogen and oxygen atoms in total. The Balaban J connectivity index is 0.000000220. The highest BCUT2D eigenvalue weighted by Crippen LogP contribution is 2.27. The Labute approximate surface area is 135 Å². The maximum Gasteiger partial charge on any atom is 0.0351 e. The molecule has 0 atom stereocenters. The van der Waals surface area contributed by atoms with Crippen LogP contribution in [0.15, 0.2) is 48.5 Å². The maximum absolute atomic E-state index is 5.81. The van der Waals surface area contributed by atoms with Crippen LogP contribution in [0.25, 0.3) is 0 Å². The van der Waals surface area contributed by atoms with Gasteiger partial charge in [-0.2, -0.15) is 0 Å². The maximum atomic E-state index is 5.81. The standard InChI is InChI=1S/2C10H15N/c2*1-10(2,3)8-6-4-5-7-9(8)11/h2*4-7H,11H2,1-3H3. The number of anilines is 2. The van der Waals surface area contributed by atoms with Crippen LogP contribution in [0.5, 0.6) is 0 Å². The van der Waals surface area contributed by atoms with Crippen molar-refractivity contribution in [2.24, 2.45) is 0 Å². The third kappa shape index (κ3) is 5.10. The minimum atomic E-state index is 0.158. The van der Waals surface area contributed by atoms with Crippen LogP contribution in [0.4, 0.5) is 11.4 Å². The molecule has 2 aromatic carbocycles. The van der Waals surface area contributed by atoms with Gasteiger partial charge in [-0.05, 0) is 34.1 Å². The summed E-state index contributed by atoms with van der Waals surface area (Å²) in [6.45, 7) is 13.0. The fraction of sp³-hybridized carbons (Fsp3) is 0.400. The lowest BCUT2D eigenvalue weighted by molar-refractivity contribution is 0.592. The Hall–Kier alpha value is -1.96. The van der Waals surface area contributed by atoms with Crippen molar-refractivity contribution in [3.63, 3.8) is 0 Å². The third-order valence-electron chi connectivity index (χ3n) is 3.54. The highest BCUT2D eigenvalue weighted by molar-refractivity contribution is 5.50. The van der Waals surface area contributed by atoms with Gasteiger partial charge in [0, 0.05) is 11.4 Å². The molecule has 0 aliphatic rings. The fourth-order valence-corrected chi connectivity index (χ4v) is 2.36. The molecule has 0 fully saturated rings. The molecule has 0 bridgehead atoms. The van der Waals surface area contributed by atoms with Crippen molar-refractivity contribution in [2.75, 3.05) is 11.5 Å². The van der Waals surface area contributed by atoms with Crippen molar-refractivity contribution in [1.82, 2.24) is 0 Å². The largest absolute Gasteiger partial charge is 0.398 e. The van der Waals surface area contributed by atoms with E-state index in [1.165, 1.54) is 11.1 Å². The molecule has 0 aromatic heterocycles. The van der Waals surface area contributed by atoms with Crippen LogP contribution < -0.4 is 11.5 Å². The molecule has 0 saturated heterocycles. The molecule has 0 unspecified atom stereocenters. The first kappa shape index (κ1) is 18.1. The normalized spacial score (nSPS) is 11.5. The number of hydrogen-bond acceptors (Lipinski definition) is 2. The first-order valence-corrected chi connectivity index (χ1v) is 7.73. The Morgan fingerprint density at radius 3 is 1.00 bits per heavy atom. The summed E-state index contributed by atoms with van der Waals surface area (Å²) < 4.78 is 0. The van der Waals surface area contributed by atoms with Gasteiger partial charge >= 0.3 is 0 Å². The van der Waals surface area contributed by atoms with Crippen molar-refractivity contribution in [1.29, 1.82) is 0 Å². The van der Waals surface area contributed by atoms with E-state index in [0.29, 0.717) is 0 Å². The molecule has 0 heterocycles. The van der Waals surface area contributed by atoms with Gasteiger partial charge in [0.2, 0.25) is 0 Å². The molecule has 0 amide bonds. The predicted octanol–water partition coefficient (Wildman–Crippen LogP) is 5.13. The van der Waals surface area contributed by atoms with Gasteiger partial charge in [0.15, 0.2) is 0 Å². The van der Waals surface area contributed by atoms with Gasteiger partial charge in [0.25, 0.3) is 0 Å². The van der Waals surface area contributed by atoms with Crippen LogP contribution in [0.2, 0.25) is 0 Å². The summed E-state index contributed by atoms with van der Waals surface area (Å²) in [5, 5.41) is 0. The average molecular weight is 298 g/mol. The van der Waals surface area contributed by atoms with Gasteiger partial charge in [0.1, 0.15) is 0 Å². The quantitative estimate of drug-likeness (QED) is 0.662. The summed E-state index contributed by atoms with van der Waals surface area (Å²) in [5.74, 6) is 0. The van der Waals surface area contributed by atoms with Gasteiger partial charge in [-0.3, -0.25) is 0 Å². The summed E-state index contributed by atoms with van der Waals surface area (Å²) in [4.78, 5) is 0. The van der Waals surface area contributed by atoms with Crippen LogP contribution in [0.3, 0.4) is 0 Å². The predicted molar refractivity (Wildman–Crippen MR) is 99.1 cm³/mol. The molecule has 2 heteroatoms. The smallest absolute Gasteiger partial charge is 0.0351 e. The summed E-state index contributed by atoms with van der Waals surface area (Å²) in [6, 6.07) is 16.0. The molecule has 22 heavy (non-hydrogen) atoms. The highest BCUT2D eigenvalue weighted by atomic mass is 14.6. The number of benzene rings is 2. The lowest BCUT2D eigenvalue weighted by atomic mass is 9.86. The monoisotopic (exact) mass is 298 g/mol. The van der Waals surface area contributed by atoms with Gasteiger partial charge < -0.3 is 11.5 Å². The molecule has 0 aliphatic carbocycles.